The smallest absolute Gasteiger partial charge is 0.224 e. The number of benzene rings is 1. The first kappa shape index (κ1) is 16.0. The minimum absolute atomic E-state index is 0.0323. The molecule has 24 heavy (non-hydrogen) atoms. The number of pyridine rings is 1. The summed E-state index contributed by atoms with van der Waals surface area (Å²) in [5.74, 6) is 0.943. The van der Waals surface area contributed by atoms with Crippen LogP contribution in [0.4, 0.5) is 11.5 Å². The Morgan fingerprint density at radius 2 is 1.92 bits per heavy atom. The average molecular weight is 320 g/mol. The van der Waals surface area contributed by atoms with E-state index in [0.29, 0.717) is 18.4 Å². The van der Waals surface area contributed by atoms with E-state index in [4.69, 9.17) is 5.26 Å². The molecule has 122 valence electrons. The summed E-state index contributed by atoms with van der Waals surface area (Å²) in [6.45, 7) is 2.12. The Morgan fingerprint density at radius 1 is 1.17 bits per heavy atom. The molecule has 1 fully saturated rings. The molecule has 5 nitrogen and oxygen atoms in total. The number of nitriles is 1. The van der Waals surface area contributed by atoms with Gasteiger partial charge in [-0.2, -0.15) is 5.26 Å². The minimum atomic E-state index is -0.0323. The lowest BCUT2D eigenvalue weighted by molar-refractivity contribution is -0.116. The first-order chi connectivity index (χ1) is 11.7. The van der Waals surface area contributed by atoms with Crippen molar-refractivity contribution >= 4 is 17.4 Å². The molecule has 3 rings (SSSR count). The van der Waals surface area contributed by atoms with Crippen molar-refractivity contribution in [2.45, 2.75) is 25.7 Å². The molecule has 1 aliphatic rings. The van der Waals surface area contributed by atoms with Crippen LogP contribution >= 0.6 is 0 Å². The molecule has 0 radical (unpaired) electrons. The number of aromatic nitrogens is 1. The van der Waals surface area contributed by atoms with Crippen molar-refractivity contribution in [3.8, 4) is 6.07 Å². The highest BCUT2D eigenvalue weighted by molar-refractivity contribution is 5.90. The highest BCUT2D eigenvalue weighted by Gasteiger charge is 2.13. The maximum absolute atomic E-state index is 12.0. The van der Waals surface area contributed by atoms with Crippen molar-refractivity contribution in [3.63, 3.8) is 0 Å². The maximum atomic E-state index is 12.0. The molecular formula is C19H20N4O. The topological polar surface area (TPSA) is 69.0 Å². The summed E-state index contributed by atoms with van der Waals surface area (Å²) in [5, 5.41) is 11.7. The number of carbonyl (C=O) groups is 1. The van der Waals surface area contributed by atoms with Gasteiger partial charge in [-0.15, -0.1) is 0 Å². The molecule has 0 unspecified atom stereocenters. The Hall–Kier alpha value is -2.87. The Kier molecular flexibility index (Phi) is 5.07. The van der Waals surface area contributed by atoms with E-state index in [1.807, 2.05) is 24.3 Å². The second kappa shape index (κ2) is 7.60. The van der Waals surface area contributed by atoms with Gasteiger partial charge in [-0.05, 0) is 49.1 Å². The van der Waals surface area contributed by atoms with E-state index >= 15 is 0 Å². The van der Waals surface area contributed by atoms with Crippen LogP contribution < -0.4 is 10.2 Å². The van der Waals surface area contributed by atoms with Crippen molar-refractivity contribution in [3.05, 3.63) is 53.7 Å². The van der Waals surface area contributed by atoms with Gasteiger partial charge in [0.25, 0.3) is 0 Å². The molecule has 1 aromatic carbocycles. The first-order valence-corrected chi connectivity index (χ1v) is 8.24. The highest BCUT2D eigenvalue weighted by Crippen LogP contribution is 2.19. The average Bonchev–Trinajstić information content (AvgIpc) is 3.16. The molecule has 2 heterocycles. The third kappa shape index (κ3) is 4.11. The third-order valence-corrected chi connectivity index (χ3v) is 4.19. The zero-order chi connectivity index (χ0) is 16.8. The van der Waals surface area contributed by atoms with Crippen molar-refractivity contribution < 1.29 is 4.79 Å². The molecule has 0 spiro atoms. The Morgan fingerprint density at radius 3 is 2.54 bits per heavy atom. The molecule has 5 heteroatoms. The second-order valence-electron chi connectivity index (χ2n) is 5.96. The van der Waals surface area contributed by atoms with Crippen molar-refractivity contribution in [2.24, 2.45) is 0 Å². The summed E-state index contributed by atoms with van der Waals surface area (Å²) in [6, 6.07) is 13.3. The molecule has 1 amide bonds. The molecule has 1 aliphatic heterocycles. The van der Waals surface area contributed by atoms with E-state index < -0.39 is 0 Å². The van der Waals surface area contributed by atoms with Gasteiger partial charge in [-0.1, -0.05) is 12.1 Å². The van der Waals surface area contributed by atoms with Crippen LogP contribution in [0.1, 0.15) is 30.4 Å². The van der Waals surface area contributed by atoms with E-state index in [1.54, 1.807) is 18.3 Å². The predicted molar refractivity (Wildman–Crippen MR) is 93.8 cm³/mol. The lowest BCUT2D eigenvalue weighted by Gasteiger charge is -2.16. The molecular weight excluding hydrogens is 300 g/mol. The Balaban J connectivity index is 1.49. The Labute approximate surface area is 141 Å². The van der Waals surface area contributed by atoms with E-state index in [-0.39, 0.29) is 5.91 Å². The summed E-state index contributed by atoms with van der Waals surface area (Å²) in [6.07, 6.45) is 5.20. The van der Waals surface area contributed by atoms with E-state index in [0.717, 1.165) is 30.2 Å². The molecule has 1 aromatic heterocycles. The first-order valence-electron chi connectivity index (χ1n) is 8.24. The SMILES string of the molecule is N#Cc1ccc(CCC(=O)Nc2ccc(N3CCCC3)nc2)cc1. The number of hydrogen-bond donors (Lipinski definition) is 1. The summed E-state index contributed by atoms with van der Waals surface area (Å²) >= 11 is 0. The van der Waals surface area contributed by atoms with Gasteiger partial charge in [0, 0.05) is 19.5 Å². The normalized spacial score (nSPS) is 13.5. The number of carbonyl (C=O) groups excluding carboxylic acids is 1. The lowest BCUT2D eigenvalue weighted by atomic mass is 10.1. The van der Waals surface area contributed by atoms with Crippen LogP contribution in [0.15, 0.2) is 42.6 Å². The standard InChI is InChI=1S/C19H20N4O/c20-13-16-5-3-15(4-6-16)7-10-19(24)22-17-8-9-18(21-14-17)23-11-1-2-12-23/h3-6,8-9,14H,1-2,7,10-12H2,(H,22,24). The van der Waals surface area contributed by atoms with Crippen LogP contribution in [0, 0.1) is 11.3 Å². The van der Waals surface area contributed by atoms with Crippen molar-refractivity contribution in [1.82, 2.24) is 4.98 Å². The van der Waals surface area contributed by atoms with Gasteiger partial charge in [-0.25, -0.2) is 4.98 Å². The number of aryl methyl sites for hydroxylation is 1. The molecule has 1 N–H and O–H groups in total. The van der Waals surface area contributed by atoms with Gasteiger partial charge >= 0.3 is 0 Å². The summed E-state index contributed by atoms with van der Waals surface area (Å²) in [7, 11) is 0. The van der Waals surface area contributed by atoms with Gasteiger partial charge in [-0.3, -0.25) is 4.79 Å². The second-order valence-corrected chi connectivity index (χ2v) is 5.96. The van der Waals surface area contributed by atoms with Crippen LogP contribution in [0.25, 0.3) is 0 Å². The fraction of sp³-hybridized carbons (Fsp3) is 0.316. The largest absolute Gasteiger partial charge is 0.357 e. The number of amides is 1. The lowest BCUT2D eigenvalue weighted by Crippen LogP contribution is -2.19. The van der Waals surface area contributed by atoms with Crippen LogP contribution in [-0.4, -0.2) is 24.0 Å². The molecule has 2 aromatic rings. The van der Waals surface area contributed by atoms with Gasteiger partial charge in [0.15, 0.2) is 0 Å². The zero-order valence-corrected chi connectivity index (χ0v) is 13.5. The summed E-state index contributed by atoms with van der Waals surface area (Å²) in [5.41, 5.74) is 2.40. The highest BCUT2D eigenvalue weighted by atomic mass is 16.1. The number of nitrogens with one attached hydrogen (secondary N) is 1. The van der Waals surface area contributed by atoms with E-state index in [2.05, 4.69) is 21.3 Å². The number of nitrogens with zero attached hydrogens (tertiary/aromatic N) is 3. The van der Waals surface area contributed by atoms with Crippen LogP contribution in [0.2, 0.25) is 0 Å². The number of hydrogen-bond acceptors (Lipinski definition) is 4. The van der Waals surface area contributed by atoms with Crippen LogP contribution in [0.3, 0.4) is 0 Å². The molecule has 1 saturated heterocycles. The maximum Gasteiger partial charge on any atom is 0.224 e. The molecule has 0 saturated carbocycles. The number of rotatable bonds is 5. The zero-order valence-electron chi connectivity index (χ0n) is 13.5. The summed E-state index contributed by atoms with van der Waals surface area (Å²) < 4.78 is 0. The van der Waals surface area contributed by atoms with Crippen LogP contribution in [0.5, 0.6) is 0 Å². The van der Waals surface area contributed by atoms with E-state index in [1.165, 1.54) is 12.8 Å². The minimum Gasteiger partial charge on any atom is -0.357 e. The monoisotopic (exact) mass is 320 g/mol. The Bertz CT molecular complexity index is 725. The molecule has 0 aliphatic carbocycles. The number of anilines is 2. The quantitative estimate of drug-likeness (QED) is 0.919. The van der Waals surface area contributed by atoms with Crippen molar-refractivity contribution in [1.29, 1.82) is 5.26 Å². The third-order valence-electron chi connectivity index (χ3n) is 4.19. The van der Waals surface area contributed by atoms with Gasteiger partial charge < -0.3 is 10.2 Å². The van der Waals surface area contributed by atoms with Crippen molar-refractivity contribution in [2.75, 3.05) is 23.3 Å². The molecule has 0 bridgehead atoms. The fourth-order valence-corrected chi connectivity index (χ4v) is 2.82. The summed E-state index contributed by atoms with van der Waals surface area (Å²) in [4.78, 5) is 18.7. The van der Waals surface area contributed by atoms with Gasteiger partial charge in [0.2, 0.25) is 5.91 Å². The van der Waals surface area contributed by atoms with E-state index in [9.17, 15) is 4.79 Å². The predicted octanol–water partition coefficient (Wildman–Crippen LogP) is 3.12. The van der Waals surface area contributed by atoms with Crippen LogP contribution in [-0.2, 0) is 11.2 Å². The molecule has 0 atom stereocenters. The fourth-order valence-electron chi connectivity index (χ4n) is 2.82. The van der Waals surface area contributed by atoms with Gasteiger partial charge in [0.05, 0.1) is 23.5 Å². The van der Waals surface area contributed by atoms with Gasteiger partial charge in [0.1, 0.15) is 5.82 Å².